The van der Waals surface area contributed by atoms with Gasteiger partial charge in [-0.3, -0.25) is 0 Å². The molecular formula is C20H13ClF4N2O5. The van der Waals surface area contributed by atoms with E-state index in [2.05, 4.69) is 5.16 Å². The highest BCUT2D eigenvalue weighted by Gasteiger charge is 2.21. The van der Waals surface area contributed by atoms with Gasteiger partial charge in [0.15, 0.2) is 23.2 Å². The maximum atomic E-state index is 13.6. The van der Waals surface area contributed by atoms with E-state index in [4.69, 9.17) is 36.1 Å². The van der Waals surface area contributed by atoms with Gasteiger partial charge in [0.2, 0.25) is 17.4 Å². The molecule has 0 radical (unpaired) electrons. The minimum Gasteiger partial charge on any atom is -0.496 e. The summed E-state index contributed by atoms with van der Waals surface area (Å²) >= 11 is 5.90. The third-order valence-corrected chi connectivity index (χ3v) is 4.19. The summed E-state index contributed by atoms with van der Waals surface area (Å²) in [5.74, 6) is -9.36. The molecule has 0 saturated carbocycles. The number of oxime groups is 1. The van der Waals surface area contributed by atoms with Crippen molar-refractivity contribution in [2.24, 2.45) is 10.9 Å². The Morgan fingerprint density at radius 2 is 1.78 bits per heavy atom. The Kier molecular flexibility index (Phi) is 6.89. The highest BCUT2D eigenvalue weighted by atomic mass is 35.5. The minimum absolute atomic E-state index is 0.0454. The smallest absolute Gasteiger partial charge is 0.400 e. The molecule has 3 rings (SSSR count). The largest absolute Gasteiger partial charge is 0.496 e. The molecule has 12 heteroatoms. The number of methoxy groups -OCH3 is 1. The third-order valence-electron chi connectivity index (χ3n) is 3.96. The van der Waals surface area contributed by atoms with Crippen molar-refractivity contribution in [1.82, 2.24) is 0 Å². The van der Waals surface area contributed by atoms with E-state index in [0.29, 0.717) is 10.8 Å². The van der Waals surface area contributed by atoms with E-state index in [1.807, 2.05) is 0 Å². The van der Waals surface area contributed by atoms with Gasteiger partial charge in [0.25, 0.3) is 0 Å². The van der Waals surface area contributed by atoms with Gasteiger partial charge < -0.3 is 24.5 Å². The summed E-state index contributed by atoms with van der Waals surface area (Å²) in [6.07, 6.45) is 0. The molecule has 0 bridgehead atoms. The van der Waals surface area contributed by atoms with E-state index in [9.17, 15) is 22.4 Å². The zero-order valence-corrected chi connectivity index (χ0v) is 16.9. The van der Waals surface area contributed by atoms with Crippen LogP contribution in [-0.4, -0.2) is 18.9 Å². The lowest BCUT2D eigenvalue weighted by Gasteiger charge is -2.08. The molecule has 0 atom stereocenters. The first-order chi connectivity index (χ1) is 15.2. The average Bonchev–Trinajstić information content (AvgIpc) is 3.25. The van der Waals surface area contributed by atoms with Crippen molar-refractivity contribution >= 4 is 23.4 Å². The highest BCUT2D eigenvalue weighted by Crippen LogP contribution is 2.27. The number of nitrogens with two attached hydrogens (primary N) is 1. The summed E-state index contributed by atoms with van der Waals surface area (Å²) in [6.45, 7) is -0.644. The summed E-state index contributed by atoms with van der Waals surface area (Å²) in [5, 5.41) is 3.84. The molecule has 3 aromatic rings. The van der Waals surface area contributed by atoms with Crippen molar-refractivity contribution in [3.05, 3.63) is 81.8 Å². The fraction of sp³-hybridized carbons (Fsp3) is 0.100. The predicted octanol–water partition coefficient (Wildman–Crippen LogP) is 4.55. The number of carbonyl (C=O) groups is 1. The number of nitrogens with zero attached hydrogens (tertiary/aromatic N) is 1. The zero-order valence-electron chi connectivity index (χ0n) is 16.1. The van der Waals surface area contributed by atoms with Crippen molar-refractivity contribution in [1.29, 1.82) is 0 Å². The van der Waals surface area contributed by atoms with Crippen LogP contribution in [0.15, 0.2) is 46.0 Å². The molecule has 168 valence electrons. The van der Waals surface area contributed by atoms with Crippen LogP contribution >= 0.6 is 11.6 Å². The van der Waals surface area contributed by atoms with Crippen molar-refractivity contribution in [3.8, 4) is 11.5 Å². The van der Waals surface area contributed by atoms with Crippen LogP contribution in [0.4, 0.5) is 17.6 Å². The average molecular weight is 473 g/mol. The normalized spacial score (nSPS) is 11.4. The van der Waals surface area contributed by atoms with E-state index >= 15 is 0 Å². The van der Waals surface area contributed by atoms with E-state index in [-0.39, 0.29) is 29.0 Å². The van der Waals surface area contributed by atoms with Gasteiger partial charge in [-0.15, -0.1) is 0 Å². The first kappa shape index (κ1) is 22.9. The van der Waals surface area contributed by atoms with Crippen molar-refractivity contribution in [3.63, 3.8) is 0 Å². The standard InChI is InChI=1S/C20H13ClF4N2O5/c1-29-14-4-2-9(21)6-11(14)19(26)27-32-20(28)15-5-3-10(31-15)8-30-18-16(24)12(22)7-13(23)17(18)25/h2-7H,8H2,1H3,(H2,26,27). The van der Waals surface area contributed by atoms with Crippen LogP contribution < -0.4 is 15.2 Å². The van der Waals surface area contributed by atoms with E-state index in [0.717, 1.165) is 6.07 Å². The fourth-order valence-electron chi connectivity index (χ4n) is 2.45. The number of rotatable bonds is 7. The molecule has 0 aliphatic rings. The maximum Gasteiger partial charge on any atom is 0.400 e. The Balaban J connectivity index is 1.68. The molecule has 2 aromatic carbocycles. The van der Waals surface area contributed by atoms with Crippen LogP contribution in [0.5, 0.6) is 11.5 Å². The molecule has 0 aliphatic carbocycles. The van der Waals surface area contributed by atoms with Gasteiger partial charge in [-0.05, 0) is 30.3 Å². The lowest BCUT2D eigenvalue weighted by atomic mass is 10.2. The van der Waals surface area contributed by atoms with Gasteiger partial charge in [-0.2, -0.15) is 8.78 Å². The topological polar surface area (TPSA) is 96.3 Å². The summed E-state index contributed by atoms with van der Waals surface area (Å²) < 4.78 is 68.7. The van der Waals surface area contributed by atoms with Crippen LogP contribution in [0.2, 0.25) is 5.02 Å². The zero-order chi connectivity index (χ0) is 23.4. The number of hydrogen-bond donors (Lipinski definition) is 1. The van der Waals surface area contributed by atoms with Crippen LogP contribution in [0, 0.1) is 23.3 Å². The SMILES string of the molecule is COc1ccc(Cl)cc1/C(N)=N/OC(=O)c1ccc(COc2c(F)c(F)cc(F)c2F)o1. The molecular weight excluding hydrogens is 460 g/mol. The van der Waals surface area contributed by atoms with Gasteiger partial charge in [0, 0.05) is 11.1 Å². The monoisotopic (exact) mass is 472 g/mol. The predicted molar refractivity (Wildman–Crippen MR) is 103 cm³/mol. The minimum atomic E-state index is -1.71. The van der Waals surface area contributed by atoms with E-state index < -0.39 is 41.6 Å². The molecule has 1 aromatic heterocycles. The molecule has 0 spiro atoms. The lowest BCUT2D eigenvalue weighted by molar-refractivity contribution is 0.0475. The highest BCUT2D eigenvalue weighted by molar-refractivity contribution is 6.31. The summed E-state index contributed by atoms with van der Waals surface area (Å²) in [5.41, 5.74) is 6.06. The number of halogens is 5. The van der Waals surface area contributed by atoms with Gasteiger partial charge >= 0.3 is 5.97 Å². The quantitative estimate of drug-likeness (QED) is 0.135. The molecule has 32 heavy (non-hydrogen) atoms. The third kappa shape index (κ3) is 4.94. The van der Waals surface area contributed by atoms with Crippen LogP contribution in [-0.2, 0) is 11.4 Å². The summed E-state index contributed by atoms with van der Waals surface area (Å²) in [4.78, 5) is 16.8. The summed E-state index contributed by atoms with van der Waals surface area (Å²) in [6, 6.07) is 6.97. The maximum absolute atomic E-state index is 13.6. The van der Waals surface area contributed by atoms with Crippen molar-refractivity contribution in [2.45, 2.75) is 6.61 Å². The number of ether oxygens (including phenoxy) is 2. The number of amidine groups is 1. The van der Waals surface area contributed by atoms with Crippen molar-refractivity contribution < 1.29 is 41.1 Å². The molecule has 0 amide bonds. The molecule has 0 fully saturated rings. The van der Waals surface area contributed by atoms with Crippen LogP contribution in [0.3, 0.4) is 0 Å². The van der Waals surface area contributed by atoms with Gasteiger partial charge in [0.05, 0.1) is 12.7 Å². The summed E-state index contributed by atoms with van der Waals surface area (Å²) in [7, 11) is 1.40. The molecule has 7 nitrogen and oxygen atoms in total. The van der Waals surface area contributed by atoms with Gasteiger partial charge in [-0.25, -0.2) is 13.6 Å². The lowest BCUT2D eigenvalue weighted by Crippen LogP contribution is -2.16. The molecule has 1 heterocycles. The Labute approximate surface area is 182 Å². The second-order valence-corrected chi connectivity index (χ2v) is 6.49. The number of benzene rings is 2. The number of hydrogen-bond acceptors (Lipinski definition) is 6. The first-order valence-corrected chi connectivity index (χ1v) is 9.02. The van der Waals surface area contributed by atoms with Gasteiger partial charge in [-0.1, -0.05) is 16.8 Å². The molecule has 0 aliphatic heterocycles. The Morgan fingerprint density at radius 3 is 2.44 bits per heavy atom. The molecule has 0 unspecified atom stereocenters. The second-order valence-electron chi connectivity index (χ2n) is 6.05. The number of carbonyl (C=O) groups excluding carboxylic acids is 1. The first-order valence-electron chi connectivity index (χ1n) is 8.64. The molecule has 0 saturated heterocycles. The second kappa shape index (κ2) is 9.60. The van der Waals surface area contributed by atoms with E-state index in [1.54, 1.807) is 6.07 Å². The molecule has 2 N–H and O–H groups in total. The Morgan fingerprint density at radius 1 is 1.09 bits per heavy atom. The number of furan rings is 1. The van der Waals surface area contributed by atoms with Crippen LogP contribution in [0.25, 0.3) is 0 Å². The van der Waals surface area contributed by atoms with Gasteiger partial charge in [0.1, 0.15) is 18.1 Å². The van der Waals surface area contributed by atoms with E-state index in [1.165, 1.54) is 25.3 Å². The van der Waals surface area contributed by atoms with Crippen molar-refractivity contribution in [2.75, 3.05) is 7.11 Å². The van der Waals surface area contributed by atoms with Crippen LogP contribution in [0.1, 0.15) is 21.9 Å². The Hall–Kier alpha value is -3.73. The Bertz CT molecular complexity index is 1170. The fourth-order valence-corrected chi connectivity index (χ4v) is 2.62.